The molecule has 1 N–H and O–H groups in total. The van der Waals surface area contributed by atoms with Crippen LogP contribution in [-0.4, -0.2) is 10.8 Å². The number of amides is 1. The number of nitrogens with one attached hydrogen (secondary N) is 1. The molecule has 110 valence electrons. The second-order valence-corrected chi connectivity index (χ2v) is 6.28. The Kier molecular flexibility index (Phi) is 4.93. The van der Waals surface area contributed by atoms with E-state index in [1.165, 1.54) is 23.5 Å². The minimum atomic E-state index is -0.466. The number of non-ortho nitro benzene ring substituents is 1. The van der Waals surface area contributed by atoms with E-state index >= 15 is 0 Å². The fourth-order valence-corrected chi connectivity index (χ4v) is 2.91. The van der Waals surface area contributed by atoms with Crippen LogP contribution < -0.4 is 5.32 Å². The van der Waals surface area contributed by atoms with Crippen LogP contribution in [0.1, 0.15) is 23.4 Å². The lowest BCUT2D eigenvalue weighted by Crippen LogP contribution is -2.27. The van der Waals surface area contributed by atoms with Gasteiger partial charge in [0.05, 0.1) is 21.7 Å². The van der Waals surface area contributed by atoms with Crippen LogP contribution in [0.5, 0.6) is 0 Å². The molecule has 0 fully saturated rings. The molecule has 0 saturated heterocycles. The van der Waals surface area contributed by atoms with Gasteiger partial charge in [-0.2, -0.15) is 0 Å². The van der Waals surface area contributed by atoms with E-state index in [0.29, 0.717) is 4.34 Å². The SMILES string of the molecule is C[C@@H](NC(=O)Cc1ccc([N+](=O)[O-])cc1)c1ccc(Cl)s1. The molecule has 0 saturated carbocycles. The molecule has 1 heterocycles. The van der Waals surface area contributed by atoms with Crippen LogP contribution in [0.4, 0.5) is 5.69 Å². The van der Waals surface area contributed by atoms with E-state index in [0.717, 1.165) is 10.4 Å². The molecule has 0 aliphatic heterocycles. The molecule has 5 nitrogen and oxygen atoms in total. The Bertz CT molecular complexity index is 654. The van der Waals surface area contributed by atoms with Gasteiger partial charge in [-0.3, -0.25) is 14.9 Å². The highest BCUT2D eigenvalue weighted by molar-refractivity contribution is 7.16. The maximum absolute atomic E-state index is 11.9. The number of hydrogen-bond acceptors (Lipinski definition) is 4. The van der Waals surface area contributed by atoms with Crippen LogP contribution in [0.2, 0.25) is 4.34 Å². The van der Waals surface area contributed by atoms with E-state index in [1.54, 1.807) is 18.2 Å². The first-order valence-electron chi connectivity index (χ1n) is 6.23. The lowest BCUT2D eigenvalue weighted by Gasteiger charge is -2.12. The van der Waals surface area contributed by atoms with Crippen LogP contribution >= 0.6 is 22.9 Å². The second-order valence-electron chi connectivity index (χ2n) is 4.53. The number of hydrogen-bond donors (Lipinski definition) is 1. The average molecular weight is 325 g/mol. The summed E-state index contributed by atoms with van der Waals surface area (Å²) >= 11 is 7.29. The molecule has 0 spiro atoms. The van der Waals surface area contributed by atoms with Crippen molar-refractivity contribution >= 4 is 34.5 Å². The summed E-state index contributed by atoms with van der Waals surface area (Å²) < 4.78 is 0.682. The summed E-state index contributed by atoms with van der Waals surface area (Å²) in [5.74, 6) is -0.138. The van der Waals surface area contributed by atoms with E-state index in [2.05, 4.69) is 5.32 Å². The van der Waals surface area contributed by atoms with E-state index in [1.807, 2.05) is 13.0 Å². The zero-order chi connectivity index (χ0) is 15.4. The Balaban J connectivity index is 1.93. The quantitative estimate of drug-likeness (QED) is 0.672. The maximum atomic E-state index is 11.9. The lowest BCUT2D eigenvalue weighted by atomic mass is 10.1. The van der Waals surface area contributed by atoms with Crippen molar-refractivity contribution in [3.8, 4) is 0 Å². The van der Waals surface area contributed by atoms with Crippen molar-refractivity contribution < 1.29 is 9.72 Å². The zero-order valence-corrected chi connectivity index (χ0v) is 12.8. The standard InChI is InChI=1S/C14H13ClN2O3S/c1-9(12-6-7-13(15)21-12)16-14(18)8-10-2-4-11(5-3-10)17(19)20/h2-7,9H,8H2,1H3,(H,16,18)/t9-/m1/s1. The van der Waals surface area contributed by atoms with E-state index in [-0.39, 0.29) is 24.1 Å². The maximum Gasteiger partial charge on any atom is 0.269 e. The van der Waals surface area contributed by atoms with Crippen molar-refractivity contribution in [1.82, 2.24) is 5.32 Å². The number of carbonyl (C=O) groups excluding carboxylic acids is 1. The summed E-state index contributed by atoms with van der Waals surface area (Å²) in [5, 5.41) is 13.4. The van der Waals surface area contributed by atoms with Crippen LogP contribution in [0, 0.1) is 10.1 Å². The van der Waals surface area contributed by atoms with Crippen LogP contribution in [0.25, 0.3) is 0 Å². The molecule has 1 aromatic heterocycles. The van der Waals surface area contributed by atoms with E-state index in [4.69, 9.17) is 11.6 Å². The molecule has 2 aromatic rings. The zero-order valence-electron chi connectivity index (χ0n) is 11.2. The first-order chi connectivity index (χ1) is 9.95. The summed E-state index contributed by atoms with van der Waals surface area (Å²) in [7, 11) is 0. The largest absolute Gasteiger partial charge is 0.348 e. The smallest absolute Gasteiger partial charge is 0.269 e. The minimum absolute atomic E-state index is 0.0146. The minimum Gasteiger partial charge on any atom is -0.348 e. The van der Waals surface area contributed by atoms with Gasteiger partial charge in [0.2, 0.25) is 5.91 Å². The predicted molar refractivity (Wildman–Crippen MR) is 82.7 cm³/mol. The highest BCUT2D eigenvalue weighted by atomic mass is 35.5. The van der Waals surface area contributed by atoms with Gasteiger partial charge in [-0.1, -0.05) is 23.7 Å². The number of nitro benzene ring substituents is 1. The van der Waals surface area contributed by atoms with Gasteiger partial charge < -0.3 is 5.32 Å². The number of thiophene rings is 1. The number of nitro groups is 1. The molecule has 1 aromatic carbocycles. The van der Waals surface area contributed by atoms with Gasteiger partial charge in [-0.15, -0.1) is 11.3 Å². The van der Waals surface area contributed by atoms with Gasteiger partial charge in [-0.05, 0) is 24.6 Å². The number of benzene rings is 1. The molecule has 1 amide bonds. The highest BCUT2D eigenvalue weighted by Gasteiger charge is 2.12. The number of carbonyl (C=O) groups is 1. The number of nitrogens with zero attached hydrogens (tertiary/aromatic N) is 1. The normalized spacial score (nSPS) is 11.9. The van der Waals surface area contributed by atoms with Crippen molar-refractivity contribution in [2.75, 3.05) is 0 Å². The van der Waals surface area contributed by atoms with Gasteiger partial charge in [0.1, 0.15) is 0 Å². The van der Waals surface area contributed by atoms with E-state index in [9.17, 15) is 14.9 Å². The third-order valence-corrected chi connectivity index (χ3v) is 4.32. The van der Waals surface area contributed by atoms with Crippen LogP contribution in [0.3, 0.4) is 0 Å². The van der Waals surface area contributed by atoms with Crippen molar-refractivity contribution in [3.63, 3.8) is 0 Å². The third-order valence-electron chi connectivity index (χ3n) is 2.91. The Hall–Kier alpha value is -1.92. The van der Waals surface area contributed by atoms with Crippen LogP contribution in [-0.2, 0) is 11.2 Å². The van der Waals surface area contributed by atoms with Crippen molar-refractivity contribution in [2.24, 2.45) is 0 Å². The average Bonchev–Trinajstić information content (AvgIpc) is 2.86. The predicted octanol–water partition coefficient (Wildman–Crippen LogP) is 3.73. The molecule has 0 aliphatic rings. The molecule has 0 unspecified atom stereocenters. The number of rotatable bonds is 5. The van der Waals surface area contributed by atoms with Crippen molar-refractivity contribution in [1.29, 1.82) is 0 Å². The molecule has 2 rings (SSSR count). The summed E-state index contributed by atoms with van der Waals surface area (Å²) in [4.78, 5) is 23.0. The molecular weight excluding hydrogens is 312 g/mol. The highest BCUT2D eigenvalue weighted by Crippen LogP contribution is 2.26. The summed E-state index contributed by atoms with van der Waals surface area (Å²) in [6, 6.07) is 9.52. The van der Waals surface area contributed by atoms with E-state index < -0.39 is 4.92 Å². The number of halogens is 1. The van der Waals surface area contributed by atoms with Crippen molar-refractivity contribution in [2.45, 2.75) is 19.4 Å². The molecular formula is C14H13ClN2O3S. The fraction of sp³-hybridized carbons (Fsp3) is 0.214. The Morgan fingerprint density at radius 2 is 2.00 bits per heavy atom. The summed E-state index contributed by atoms with van der Waals surface area (Å²) in [5.41, 5.74) is 0.746. The Labute approximate surface area is 130 Å². The lowest BCUT2D eigenvalue weighted by molar-refractivity contribution is -0.384. The van der Waals surface area contributed by atoms with Gasteiger partial charge >= 0.3 is 0 Å². The Morgan fingerprint density at radius 3 is 2.52 bits per heavy atom. The molecule has 0 radical (unpaired) electrons. The first-order valence-corrected chi connectivity index (χ1v) is 7.43. The topological polar surface area (TPSA) is 72.2 Å². The molecule has 1 atom stereocenters. The Morgan fingerprint density at radius 1 is 1.33 bits per heavy atom. The summed E-state index contributed by atoms with van der Waals surface area (Å²) in [6.07, 6.45) is 0.182. The van der Waals surface area contributed by atoms with Crippen molar-refractivity contribution in [3.05, 3.63) is 61.3 Å². The second kappa shape index (κ2) is 6.69. The molecule has 21 heavy (non-hydrogen) atoms. The van der Waals surface area contributed by atoms with Crippen LogP contribution in [0.15, 0.2) is 36.4 Å². The first kappa shape index (κ1) is 15.5. The molecule has 0 aliphatic carbocycles. The van der Waals surface area contributed by atoms with Gasteiger partial charge in [0.15, 0.2) is 0 Å². The van der Waals surface area contributed by atoms with Gasteiger partial charge in [0.25, 0.3) is 5.69 Å². The van der Waals surface area contributed by atoms with Gasteiger partial charge in [0, 0.05) is 17.0 Å². The monoisotopic (exact) mass is 324 g/mol. The molecule has 0 bridgehead atoms. The van der Waals surface area contributed by atoms with Gasteiger partial charge in [-0.25, -0.2) is 0 Å². The third kappa shape index (κ3) is 4.27. The summed E-state index contributed by atoms with van der Waals surface area (Å²) in [6.45, 7) is 1.88. The fourth-order valence-electron chi connectivity index (χ4n) is 1.85. The molecule has 7 heteroatoms.